The number of ether oxygens (including phenoxy) is 2. The van der Waals surface area contributed by atoms with Crippen LogP contribution in [0.1, 0.15) is 5.56 Å². The minimum absolute atomic E-state index is 0.674. The van der Waals surface area contributed by atoms with E-state index in [1.54, 1.807) is 14.2 Å². The van der Waals surface area contributed by atoms with Crippen LogP contribution in [0, 0.1) is 6.92 Å². The molecule has 0 heterocycles. The topological polar surface area (TPSA) is 47.7 Å². The van der Waals surface area contributed by atoms with E-state index < -0.39 is 0 Å². The maximum absolute atomic E-state index is 6.22. The van der Waals surface area contributed by atoms with Crippen molar-refractivity contribution in [3.8, 4) is 11.1 Å². The van der Waals surface area contributed by atoms with Gasteiger partial charge < -0.3 is 20.1 Å². The van der Waals surface area contributed by atoms with Crippen LogP contribution in [0.4, 0.5) is 11.4 Å². The number of rotatable bonds is 8. The van der Waals surface area contributed by atoms with Crippen molar-refractivity contribution in [1.29, 1.82) is 0 Å². The predicted octanol–water partition coefficient (Wildman–Crippen LogP) is 3.34. The summed E-state index contributed by atoms with van der Waals surface area (Å²) in [4.78, 5) is 2.26. The Labute approximate surface area is 138 Å². The number of hydrogen-bond donors (Lipinski definition) is 1. The SMILES string of the molecule is COCCN(CCOC)c1ccc(N)c(-c2ccccc2C)c1. The molecule has 0 amide bonds. The monoisotopic (exact) mass is 314 g/mol. The van der Waals surface area contributed by atoms with Gasteiger partial charge in [-0.2, -0.15) is 0 Å². The highest BCUT2D eigenvalue weighted by Crippen LogP contribution is 2.32. The van der Waals surface area contributed by atoms with E-state index in [1.807, 2.05) is 18.2 Å². The number of hydrogen-bond acceptors (Lipinski definition) is 4. The normalized spacial score (nSPS) is 10.7. The molecule has 2 N–H and O–H groups in total. The molecule has 0 saturated carbocycles. The third kappa shape index (κ3) is 4.47. The van der Waals surface area contributed by atoms with Crippen molar-refractivity contribution in [3.05, 3.63) is 48.0 Å². The third-order valence-electron chi connectivity index (χ3n) is 3.97. The molecular formula is C19H26N2O2. The van der Waals surface area contributed by atoms with Crippen LogP contribution in [-0.2, 0) is 9.47 Å². The standard InChI is InChI=1S/C19H26N2O2/c1-15-6-4-5-7-17(15)18-14-16(8-9-19(18)20)21(10-12-22-2)11-13-23-3/h4-9,14H,10-13,20H2,1-3H3. The summed E-state index contributed by atoms with van der Waals surface area (Å²) in [5.41, 5.74) is 11.6. The summed E-state index contributed by atoms with van der Waals surface area (Å²) in [6.45, 7) is 5.09. The Morgan fingerprint density at radius 1 is 0.913 bits per heavy atom. The summed E-state index contributed by atoms with van der Waals surface area (Å²) < 4.78 is 10.4. The number of benzene rings is 2. The maximum Gasteiger partial charge on any atom is 0.0637 e. The first-order chi connectivity index (χ1) is 11.2. The summed E-state index contributed by atoms with van der Waals surface area (Å²) >= 11 is 0. The fourth-order valence-electron chi connectivity index (χ4n) is 2.62. The second kappa shape index (κ2) is 8.56. The lowest BCUT2D eigenvalue weighted by molar-refractivity contribution is 0.190. The minimum Gasteiger partial charge on any atom is -0.398 e. The number of methoxy groups -OCH3 is 2. The van der Waals surface area contributed by atoms with Gasteiger partial charge in [0.25, 0.3) is 0 Å². The van der Waals surface area contributed by atoms with Crippen molar-refractivity contribution in [2.24, 2.45) is 0 Å². The lowest BCUT2D eigenvalue weighted by Crippen LogP contribution is -2.30. The molecule has 2 aromatic carbocycles. The highest BCUT2D eigenvalue weighted by atomic mass is 16.5. The molecule has 2 aromatic rings. The lowest BCUT2D eigenvalue weighted by Gasteiger charge is -2.25. The van der Waals surface area contributed by atoms with Gasteiger partial charge in [-0.25, -0.2) is 0 Å². The summed E-state index contributed by atoms with van der Waals surface area (Å²) in [6, 6.07) is 14.5. The Balaban J connectivity index is 2.35. The summed E-state index contributed by atoms with van der Waals surface area (Å²) in [6.07, 6.45) is 0. The molecule has 0 aromatic heterocycles. The first-order valence-electron chi connectivity index (χ1n) is 7.85. The molecular weight excluding hydrogens is 288 g/mol. The molecule has 0 atom stereocenters. The van der Waals surface area contributed by atoms with Crippen LogP contribution < -0.4 is 10.6 Å². The van der Waals surface area contributed by atoms with Gasteiger partial charge in [0.05, 0.1) is 13.2 Å². The maximum atomic E-state index is 6.22. The molecule has 0 radical (unpaired) electrons. The van der Waals surface area contributed by atoms with Gasteiger partial charge in [0.1, 0.15) is 0 Å². The van der Waals surface area contributed by atoms with Crippen molar-refractivity contribution >= 4 is 11.4 Å². The van der Waals surface area contributed by atoms with Gasteiger partial charge in [0, 0.05) is 44.2 Å². The smallest absolute Gasteiger partial charge is 0.0637 e. The lowest BCUT2D eigenvalue weighted by atomic mass is 9.98. The Bertz CT molecular complexity index is 621. The van der Waals surface area contributed by atoms with Gasteiger partial charge in [-0.15, -0.1) is 0 Å². The third-order valence-corrected chi connectivity index (χ3v) is 3.97. The van der Waals surface area contributed by atoms with E-state index in [0.717, 1.165) is 30.0 Å². The van der Waals surface area contributed by atoms with E-state index in [1.165, 1.54) is 11.1 Å². The zero-order valence-corrected chi connectivity index (χ0v) is 14.2. The molecule has 0 unspecified atom stereocenters. The van der Waals surface area contributed by atoms with Gasteiger partial charge >= 0.3 is 0 Å². The van der Waals surface area contributed by atoms with Gasteiger partial charge in [-0.05, 0) is 36.2 Å². The Morgan fingerprint density at radius 3 is 2.17 bits per heavy atom. The molecule has 124 valence electrons. The van der Waals surface area contributed by atoms with Crippen molar-refractivity contribution < 1.29 is 9.47 Å². The van der Waals surface area contributed by atoms with Gasteiger partial charge in [-0.3, -0.25) is 0 Å². The minimum atomic E-state index is 0.674. The van der Waals surface area contributed by atoms with Crippen LogP contribution in [0.3, 0.4) is 0 Å². The van der Waals surface area contributed by atoms with Crippen LogP contribution in [0.25, 0.3) is 11.1 Å². The second-order valence-corrected chi connectivity index (χ2v) is 5.56. The summed E-state index contributed by atoms with van der Waals surface area (Å²) in [5, 5.41) is 0. The highest BCUT2D eigenvalue weighted by Gasteiger charge is 2.11. The molecule has 0 aliphatic rings. The molecule has 2 rings (SSSR count). The van der Waals surface area contributed by atoms with Crippen LogP contribution in [-0.4, -0.2) is 40.5 Å². The van der Waals surface area contributed by atoms with Crippen LogP contribution in [0.15, 0.2) is 42.5 Å². The zero-order chi connectivity index (χ0) is 16.7. The molecule has 0 fully saturated rings. The molecule has 4 nitrogen and oxygen atoms in total. The summed E-state index contributed by atoms with van der Waals surface area (Å²) in [7, 11) is 3.44. The number of nitrogen functional groups attached to an aromatic ring is 1. The number of anilines is 2. The van der Waals surface area contributed by atoms with E-state index in [2.05, 4.69) is 36.1 Å². The van der Waals surface area contributed by atoms with Crippen molar-refractivity contribution in [1.82, 2.24) is 0 Å². The van der Waals surface area contributed by atoms with Gasteiger partial charge in [-0.1, -0.05) is 24.3 Å². The zero-order valence-electron chi connectivity index (χ0n) is 14.2. The van der Waals surface area contributed by atoms with E-state index in [9.17, 15) is 0 Å². The molecule has 23 heavy (non-hydrogen) atoms. The summed E-state index contributed by atoms with van der Waals surface area (Å²) in [5.74, 6) is 0. The van der Waals surface area contributed by atoms with E-state index in [-0.39, 0.29) is 0 Å². The van der Waals surface area contributed by atoms with Crippen molar-refractivity contribution in [3.63, 3.8) is 0 Å². The van der Waals surface area contributed by atoms with Crippen LogP contribution in [0.2, 0.25) is 0 Å². The van der Waals surface area contributed by atoms with Gasteiger partial charge in [0.2, 0.25) is 0 Å². The van der Waals surface area contributed by atoms with E-state index in [0.29, 0.717) is 13.2 Å². The fraction of sp³-hybridized carbons (Fsp3) is 0.368. The average Bonchev–Trinajstić information content (AvgIpc) is 2.56. The molecule has 4 heteroatoms. The van der Waals surface area contributed by atoms with Crippen molar-refractivity contribution in [2.45, 2.75) is 6.92 Å². The highest BCUT2D eigenvalue weighted by molar-refractivity contribution is 5.81. The Hall–Kier alpha value is -2.04. The molecule has 0 bridgehead atoms. The average molecular weight is 314 g/mol. The van der Waals surface area contributed by atoms with Crippen LogP contribution >= 0.6 is 0 Å². The van der Waals surface area contributed by atoms with E-state index in [4.69, 9.17) is 15.2 Å². The number of nitrogens with zero attached hydrogens (tertiary/aromatic N) is 1. The van der Waals surface area contributed by atoms with Gasteiger partial charge in [0.15, 0.2) is 0 Å². The Kier molecular flexibility index (Phi) is 6.44. The number of aryl methyl sites for hydroxylation is 1. The predicted molar refractivity (Wildman–Crippen MR) is 97.0 cm³/mol. The largest absolute Gasteiger partial charge is 0.398 e. The first kappa shape index (κ1) is 17.3. The molecule has 0 saturated heterocycles. The van der Waals surface area contributed by atoms with Crippen LogP contribution in [0.5, 0.6) is 0 Å². The van der Waals surface area contributed by atoms with E-state index >= 15 is 0 Å². The number of nitrogens with two attached hydrogens (primary N) is 1. The molecule has 0 aliphatic carbocycles. The Morgan fingerprint density at radius 2 is 1.57 bits per heavy atom. The van der Waals surface area contributed by atoms with Crippen molar-refractivity contribution in [2.75, 3.05) is 51.2 Å². The second-order valence-electron chi connectivity index (χ2n) is 5.56. The molecule has 0 aliphatic heterocycles. The quantitative estimate of drug-likeness (QED) is 0.759. The first-order valence-corrected chi connectivity index (χ1v) is 7.85. The molecule has 0 spiro atoms. The fourth-order valence-corrected chi connectivity index (χ4v) is 2.62.